The molecule has 316 valence electrons. The molecule has 3 saturated heterocycles. The number of rotatable bonds is 12. The normalized spacial score (nSPS) is 20.1. The van der Waals surface area contributed by atoms with Gasteiger partial charge in [0.05, 0.1) is 35.8 Å². The number of pyridine rings is 1. The van der Waals surface area contributed by atoms with Crippen LogP contribution in [0.4, 0.5) is 40.3 Å². The van der Waals surface area contributed by atoms with Crippen LogP contribution in [0.15, 0.2) is 48.7 Å². The molecule has 18 heteroatoms. The fourth-order valence-corrected chi connectivity index (χ4v) is 8.79. The number of nitrogens with zero attached hydrogens (tertiary/aromatic N) is 5. The van der Waals surface area contributed by atoms with E-state index in [9.17, 15) is 42.0 Å². The van der Waals surface area contributed by atoms with Crippen molar-refractivity contribution in [1.29, 1.82) is 5.26 Å². The molecule has 4 aliphatic rings. The van der Waals surface area contributed by atoms with Crippen molar-refractivity contribution in [2.45, 2.75) is 95.4 Å². The summed E-state index contributed by atoms with van der Waals surface area (Å²) in [5, 5.41) is 17.2. The maximum absolute atomic E-state index is 14.7. The molecule has 2 aromatic carbocycles. The zero-order chi connectivity index (χ0) is 42.9. The van der Waals surface area contributed by atoms with Gasteiger partial charge < -0.3 is 20.3 Å². The molecule has 3 aliphatic heterocycles. The first-order valence-electron chi connectivity index (χ1n) is 20.0. The van der Waals surface area contributed by atoms with Crippen LogP contribution in [0.2, 0.25) is 0 Å². The molecule has 0 radical (unpaired) electrons. The highest BCUT2D eigenvalue weighted by Crippen LogP contribution is 2.49. The van der Waals surface area contributed by atoms with E-state index < -0.39 is 52.7 Å². The Bertz CT molecular complexity index is 2260. The third kappa shape index (κ3) is 8.37. The molecule has 1 aromatic heterocycles. The molecule has 7 rings (SSSR count). The van der Waals surface area contributed by atoms with Crippen LogP contribution in [-0.4, -0.2) is 75.9 Å². The number of halogens is 4. The largest absolute Gasteiger partial charge is 0.493 e. The van der Waals surface area contributed by atoms with Crippen LogP contribution in [-0.2, 0) is 31.8 Å². The summed E-state index contributed by atoms with van der Waals surface area (Å²) < 4.78 is 62.4. The van der Waals surface area contributed by atoms with Crippen LogP contribution in [0.3, 0.4) is 0 Å². The smallest absolute Gasteiger partial charge is 0.419 e. The molecule has 3 aromatic rings. The zero-order valence-electron chi connectivity index (χ0n) is 33.0. The lowest BCUT2D eigenvalue weighted by molar-refractivity contribution is -0.138. The van der Waals surface area contributed by atoms with Crippen molar-refractivity contribution in [3.8, 4) is 11.8 Å². The highest BCUT2D eigenvalue weighted by molar-refractivity contribution is 7.81. The fraction of sp³-hybridized carbons (Fsp3) is 0.452. The molecule has 1 saturated carbocycles. The molecule has 1 spiro atoms. The number of imide groups is 1. The Labute approximate surface area is 349 Å². The van der Waals surface area contributed by atoms with Gasteiger partial charge >= 0.3 is 6.18 Å². The average Bonchev–Trinajstić information content (AvgIpc) is 3.45. The Morgan fingerprint density at radius 2 is 1.85 bits per heavy atom. The van der Waals surface area contributed by atoms with Crippen LogP contribution in [0.25, 0.3) is 0 Å². The molecule has 60 heavy (non-hydrogen) atoms. The summed E-state index contributed by atoms with van der Waals surface area (Å²) in [5.41, 5.74) is -1.29. The monoisotopic (exact) mass is 848 g/mol. The summed E-state index contributed by atoms with van der Waals surface area (Å²) in [6.45, 7) is 5.53. The van der Waals surface area contributed by atoms with Crippen molar-refractivity contribution < 1.29 is 41.5 Å². The highest BCUT2D eigenvalue weighted by atomic mass is 32.1. The lowest BCUT2D eigenvalue weighted by Gasteiger charge is -2.43. The van der Waals surface area contributed by atoms with Gasteiger partial charge in [0.25, 0.3) is 5.91 Å². The van der Waals surface area contributed by atoms with Gasteiger partial charge in [-0.3, -0.25) is 34.3 Å². The first-order chi connectivity index (χ1) is 28.6. The van der Waals surface area contributed by atoms with E-state index >= 15 is 0 Å². The summed E-state index contributed by atoms with van der Waals surface area (Å²) >= 11 is 5.78. The first-order valence-corrected chi connectivity index (χ1v) is 20.4. The molecular weight excluding hydrogens is 805 g/mol. The maximum atomic E-state index is 14.7. The Kier molecular flexibility index (Phi) is 12.1. The molecular formula is C42H44F4N8O5S. The number of aryl methyl sites for hydroxylation is 1. The van der Waals surface area contributed by atoms with Gasteiger partial charge in [0.1, 0.15) is 29.2 Å². The van der Waals surface area contributed by atoms with E-state index in [1.807, 2.05) is 19.1 Å². The van der Waals surface area contributed by atoms with E-state index in [1.165, 1.54) is 24.3 Å². The molecule has 4 heterocycles. The Morgan fingerprint density at radius 3 is 2.50 bits per heavy atom. The van der Waals surface area contributed by atoms with Gasteiger partial charge in [-0.2, -0.15) is 18.4 Å². The summed E-state index contributed by atoms with van der Waals surface area (Å²) in [5.74, 6) is -1.18. The third-order valence-electron chi connectivity index (χ3n) is 12.0. The molecule has 13 nitrogen and oxygen atoms in total. The number of carbonyl (C=O) groups is 4. The first kappa shape index (κ1) is 42.5. The van der Waals surface area contributed by atoms with Gasteiger partial charge in [-0.05, 0) is 138 Å². The van der Waals surface area contributed by atoms with Crippen molar-refractivity contribution in [1.82, 2.24) is 15.2 Å². The quantitative estimate of drug-likeness (QED) is 0.104. The van der Waals surface area contributed by atoms with Crippen molar-refractivity contribution >= 4 is 63.7 Å². The summed E-state index contributed by atoms with van der Waals surface area (Å²) in [6, 6.07) is 10.7. The number of alkyl halides is 3. The number of nitriles is 1. The topological polar surface area (TPSA) is 160 Å². The number of anilines is 4. The van der Waals surface area contributed by atoms with E-state index in [0.29, 0.717) is 68.4 Å². The van der Waals surface area contributed by atoms with Gasteiger partial charge in [0.15, 0.2) is 10.8 Å². The molecule has 1 unspecified atom stereocenters. The second-order valence-electron chi connectivity index (χ2n) is 15.6. The van der Waals surface area contributed by atoms with Crippen LogP contribution in [0.1, 0.15) is 82.0 Å². The summed E-state index contributed by atoms with van der Waals surface area (Å²) in [6.07, 6.45) is 1.44. The number of piperidine rings is 2. The second-order valence-corrected chi connectivity index (χ2v) is 16.0. The number of thiocarbonyl (C=S) groups is 1. The number of likely N-dealkylation sites (tertiary alicyclic amines) is 1. The van der Waals surface area contributed by atoms with Crippen LogP contribution < -0.4 is 30.5 Å². The van der Waals surface area contributed by atoms with Crippen LogP contribution in [0, 0.1) is 23.1 Å². The minimum absolute atomic E-state index is 0.0135. The van der Waals surface area contributed by atoms with Crippen molar-refractivity contribution in [2.75, 3.05) is 40.1 Å². The molecule has 4 fully saturated rings. The Morgan fingerprint density at radius 1 is 1.10 bits per heavy atom. The average molecular weight is 849 g/mol. The predicted octanol–water partition coefficient (Wildman–Crippen LogP) is 6.46. The van der Waals surface area contributed by atoms with E-state index in [1.54, 1.807) is 17.9 Å². The second kappa shape index (κ2) is 17.1. The Hall–Kier alpha value is -5.67. The van der Waals surface area contributed by atoms with Crippen molar-refractivity contribution in [3.63, 3.8) is 0 Å². The van der Waals surface area contributed by atoms with E-state index in [2.05, 4.69) is 25.8 Å². The number of hydrogen-bond donors (Lipinski definition) is 3. The Balaban J connectivity index is 0.930. The number of carbonyl (C=O) groups excluding carboxylic acids is 4. The standard InChI is InChI=1S/C42H44F4N8O5S/c1-3-26-19-28(54-40(60)53(39(58)41(54)14-4-15-41)29-21-30(42(44,45)46)34(22-47)48-23-29)6-9-35(26)59-18-13-25-11-16-52(17-12-25)24(2)37(56)50-33-20-27(5-7-31(33)43)49-32-8-10-36(55)51-38(32)57/h5-7,9,19-21,23-25,32,49H,3-4,8,10-18H2,1-2H3,(H,50,56)(H,51,55,57)/t24-,32?/m1/s1. The summed E-state index contributed by atoms with van der Waals surface area (Å²) in [4.78, 5) is 59.4. The molecule has 4 amide bonds. The number of hydrogen-bond acceptors (Lipinski definition) is 10. The summed E-state index contributed by atoms with van der Waals surface area (Å²) in [7, 11) is 0. The zero-order valence-corrected chi connectivity index (χ0v) is 33.9. The number of aromatic nitrogens is 1. The minimum atomic E-state index is -4.85. The van der Waals surface area contributed by atoms with E-state index in [-0.39, 0.29) is 34.7 Å². The lowest BCUT2D eigenvalue weighted by Crippen LogP contribution is -2.55. The van der Waals surface area contributed by atoms with E-state index in [4.69, 9.17) is 17.0 Å². The number of ether oxygens (including phenoxy) is 1. The SMILES string of the molecule is CCc1cc(N2C(=S)N(c3cnc(C#N)c(C(F)(F)F)c3)C(=O)C23CCC3)ccc1OCCC1CCN([C@H](C)C(=O)Nc2cc(NC3CCC(=O)NC3=O)ccc2F)CC1. The van der Waals surface area contributed by atoms with Gasteiger partial charge in [-0.1, -0.05) is 6.92 Å². The third-order valence-corrected chi connectivity index (χ3v) is 12.3. The molecule has 3 N–H and O–H groups in total. The van der Waals surface area contributed by atoms with Crippen LogP contribution >= 0.6 is 12.2 Å². The number of nitrogens with one attached hydrogen (secondary N) is 3. The van der Waals surface area contributed by atoms with Gasteiger partial charge in [-0.25, -0.2) is 9.37 Å². The lowest BCUT2D eigenvalue weighted by atomic mass is 9.75. The van der Waals surface area contributed by atoms with E-state index in [0.717, 1.165) is 48.4 Å². The molecule has 2 atom stereocenters. The van der Waals surface area contributed by atoms with Gasteiger partial charge in [0.2, 0.25) is 17.7 Å². The number of benzene rings is 2. The maximum Gasteiger partial charge on any atom is 0.419 e. The van der Waals surface area contributed by atoms with Crippen molar-refractivity contribution in [2.24, 2.45) is 5.92 Å². The van der Waals surface area contributed by atoms with Crippen LogP contribution in [0.5, 0.6) is 5.75 Å². The number of amides is 4. The van der Waals surface area contributed by atoms with Gasteiger partial charge in [0, 0.05) is 17.8 Å². The fourth-order valence-electron chi connectivity index (χ4n) is 8.32. The minimum Gasteiger partial charge on any atom is -0.493 e. The molecule has 0 bridgehead atoms. The van der Waals surface area contributed by atoms with Gasteiger partial charge in [-0.15, -0.1) is 0 Å². The molecule has 1 aliphatic carbocycles. The van der Waals surface area contributed by atoms with Crippen molar-refractivity contribution in [3.05, 3.63) is 71.3 Å². The predicted molar refractivity (Wildman–Crippen MR) is 218 cm³/mol. The highest BCUT2D eigenvalue weighted by Gasteiger charge is 2.60.